The average Bonchev–Trinajstić information content (AvgIpc) is 2.87. The summed E-state index contributed by atoms with van der Waals surface area (Å²) in [6, 6.07) is 17.4. The van der Waals surface area contributed by atoms with Crippen LogP contribution >= 0.6 is 0 Å². The van der Waals surface area contributed by atoms with Crippen LogP contribution in [0.4, 0.5) is 4.39 Å². The van der Waals surface area contributed by atoms with E-state index in [1.165, 1.54) is 12.1 Å². The van der Waals surface area contributed by atoms with Crippen molar-refractivity contribution in [3.05, 3.63) is 95.1 Å². The first-order valence-corrected chi connectivity index (χ1v) is 12.4. The number of hydrogen-bond acceptors (Lipinski definition) is 4. The van der Waals surface area contributed by atoms with Crippen molar-refractivity contribution in [1.29, 1.82) is 0 Å². The van der Waals surface area contributed by atoms with Crippen LogP contribution in [-0.2, 0) is 22.4 Å². The highest BCUT2D eigenvalue weighted by Crippen LogP contribution is 2.37. The van der Waals surface area contributed by atoms with Gasteiger partial charge >= 0.3 is 0 Å². The summed E-state index contributed by atoms with van der Waals surface area (Å²) in [6.07, 6.45) is 3.55. The van der Waals surface area contributed by atoms with Gasteiger partial charge in [0.1, 0.15) is 11.6 Å². The molecule has 3 aromatic rings. The highest BCUT2D eigenvalue weighted by Gasteiger charge is 2.32. The Balaban J connectivity index is 1.47. The van der Waals surface area contributed by atoms with Crippen molar-refractivity contribution in [2.75, 3.05) is 19.7 Å². The third kappa shape index (κ3) is 6.47. The van der Waals surface area contributed by atoms with Crippen LogP contribution in [-0.4, -0.2) is 41.4 Å². The molecule has 1 aliphatic heterocycles. The number of ether oxygens (including phenoxy) is 1. The summed E-state index contributed by atoms with van der Waals surface area (Å²) in [7, 11) is 0. The maximum absolute atomic E-state index is 13.7. The Labute approximate surface area is 211 Å². The monoisotopic (exact) mass is 489 g/mol. The Morgan fingerprint density at radius 2 is 1.94 bits per heavy atom. The van der Waals surface area contributed by atoms with Crippen molar-refractivity contribution in [2.24, 2.45) is 5.92 Å². The van der Waals surface area contributed by atoms with Crippen molar-refractivity contribution in [3.63, 3.8) is 0 Å². The van der Waals surface area contributed by atoms with Gasteiger partial charge in [-0.1, -0.05) is 38.1 Å². The molecule has 1 atom stereocenters. The number of halogens is 1. The molecule has 4 rings (SSSR count). The van der Waals surface area contributed by atoms with Crippen LogP contribution in [0.3, 0.4) is 0 Å². The van der Waals surface area contributed by atoms with Gasteiger partial charge in [0.05, 0.1) is 6.04 Å². The van der Waals surface area contributed by atoms with Gasteiger partial charge in [0.25, 0.3) is 5.91 Å². The molecule has 0 spiro atoms. The molecular formula is C29H32FN3O3. The first kappa shape index (κ1) is 25.4. The maximum Gasteiger partial charge on any atom is 0.257 e. The van der Waals surface area contributed by atoms with E-state index in [0.29, 0.717) is 31.7 Å². The number of nitrogens with zero attached hydrogens (tertiary/aromatic N) is 2. The van der Waals surface area contributed by atoms with E-state index < -0.39 is 0 Å². The molecule has 2 aromatic carbocycles. The first-order chi connectivity index (χ1) is 17.4. The van der Waals surface area contributed by atoms with Gasteiger partial charge in [-0.25, -0.2) is 4.39 Å². The molecule has 2 heterocycles. The number of aromatic nitrogens is 1. The zero-order chi connectivity index (χ0) is 25.5. The van der Waals surface area contributed by atoms with Crippen molar-refractivity contribution >= 4 is 11.8 Å². The predicted molar refractivity (Wildman–Crippen MR) is 136 cm³/mol. The van der Waals surface area contributed by atoms with E-state index in [0.717, 1.165) is 28.8 Å². The average molecular weight is 490 g/mol. The van der Waals surface area contributed by atoms with Gasteiger partial charge in [0, 0.05) is 37.8 Å². The zero-order valence-corrected chi connectivity index (χ0v) is 20.7. The number of rotatable bonds is 9. The summed E-state index contributed by atoms with van der Waals surface area (Å²) in [5, 5.41) is 2.85. The Morgan fingerprint density at radius 1 is 1.14 bits per heavy atom. The Kier molecular flexibility index (Phi) is 8.31. The number of benzene rings is 2. The molecule has 7 heteroatoms. The molecule has 1 aromatic heterocycles. The second-order valence-electron chi connectivity index (χ2n) is 9.46. The zero-order valence-electron chi connectivity index (χ0n) is 20.7. The Hall–Kier alpha value is -3.74. The molecule has 1 N–H and O–H groups in total. The van der Waals surface area contributed by atoms with Gasteiger partial charge in [-0.2, -0.15) is 0 Å². The molecule has 6 nitrogen and oxygen atoms in total. The SMILES string of the molecule is CC(C)CC(=O)N1CCc2ccc(OCC(=O)NCCc3ccccn3)cc2C1c1ccc(F)cc1. The van der Waals surface area contributed by atoms with Crippen LogP contribution < -0.4 is 10.1 Å². The number of hydrogen-bond donors (Lipinski definition) is 1. The lowest BCUT2D eigenvalue weighted by Crippen LogP contribution is -2.41. The molecule has 36 heavy (non-hydrogen) atoms. The summed E-state index contributed by atoms with van der Waals surface area (Å²) in [4.78, 5) is 31.6. The number of pyridine rings is 1. The normalized spacial score (nSPS) is 14.9. The molecule has 0 radical (unpaired) electrons. The van der Waals surface area contributed by atoms with E-state index in [9.17, 15) is 14.0 Å². The molecule has 0 bridgehead atoms. The highest BCUT2D eigenvalue weighted by molar-refractivity contribution is 5.78. The second-order valence-corrected chi connectivity index (χ2v) is 9.46. The number of nitrogens with one attached hydrogen (secondary N) is 1. The lowest BCUT2D eigenvalue weighted by Gasteiger charge is -2.38. The van der Waals surface area contributed by atoms with Crippen molar-refractivity contribution < 1.29 is 18.7 Å². The predicted octanol–water partition coefficient (Wildman–Crippen LogP) is 4.48. The quantitative estimate of drug-likeness (QED) is 0.481. The van der Waals surface area contributed by atoms with E-state index >= 15 is 0 Å². The fourth-order valence-corrected chi connectivity index (χ4v) is 4.50. The summed E-state index contributed by atoms with van der Waals surface area (Å²) in [6.45, 7) is 5.01. The molecule has 0 saturated carbocycles. The number of amides is 2. The second kappa shape index (κ2) is 11.8. The lowest BCUT2D eigenvalue weighted by molar-refractivity contribution is -0.134. The molecule has 188 valence electrons. The van der Waals surface area contributed by atoms with Crippen molar-refractivity contribution in [2.45, 2.75) is 39.2 Å². The van der Waals surface area contributed by atoms with Gasteiger partial charge < -0.3 is 15.0 Å². The van der Waals surface area contributed by atoms with Gasteiger partial charge in [-0.3, -0.25) is 14.6 Å². The van der Waals surface area contributed by atoms with Crippen LogP contribution in [0, 0.1) is 11.7 Å². The molecule has 0 saturated heterocycles. The molecule has 1 unspecified atom stereocenters. The Morgan fingerprint density at radius 3 is 2.67 bits per heavy atom. The molecule has 1 aliphatic rings. The van der Waals surface area contributed by atoms with E-state index in [4.69, 9.17) is 4.74 Å². The van der Waals surface area contributed by atoms with Crippen LogP contribution in [0.2, 0.25) is 0 Å². The third-order valence-electron chi connectivity index (χ3n) is 6.23. The maximum atomic E-state index is 13.7. The minimum atomic E-state index is -0.337. The topological polar surface area (TPSA) is 71.5 Å². The minimum Gasteiger partial charge on any atom is -0.484 e. The Bertz CT molecular complexity index is 1180. The molecule has 0 fully saturated rings. The van der Waals surface area contributed by atoms with E-state index in [2.05, 4.69) is 10.3 Å². The van der Waals surface area contributed by atoms with E-state index in [-0.39, 0.29) is 36.2 Å². The van der Waals surface area contributed by atoms with Gasteiger partial charge in [-0.05, 0) is 65.4 Å². The van der Waals surface area contributed by atoms with Crippen LogP contribution in [0.25, 0.3) is 0 Å². The number of carbonyl (C=O) groups is 2. The molecule has 2 amide bonds. The summed E-state index contributed by atoms with van der Waals surface area (Å²) >= 11 is 0. The van der Waals surface area contributed by atoms with E-state index in [1.54, 1.807) is 18.3 Å². The largest absolute Gasteiger partial charge is 0.484 e. The fraction of sp³-hybridized carbons (Fsp3) is 0.345. The summed E-state index contributed by atoms with van der Waals surface area (Å²) < 4.78 is 19.5. The van der Waals surface area contributed by atoms with Crippen LogP contribution in [0.15, 0.2) is 66.9 Å². The van der Waals surface area contributed by atoms with Crippen molar-refractivity contribution in [1.82, 2.24) is 15.2 Å². The van der Waals surface area contributed by atoms with Crippen molar-refractivity contribution in [3.8, 4) is 5.75 Å². The fourth-order valence-electron chi connectivity index (χ4n) is 4.50. The number of fused-ring (bicyclic) bond motifs is 1. The molecule has 0 aliphatic carbocycles. The standard InChI is InChI=1S/C29H32FN3O3/c1-20(2)17-28(35)33-16-13-21-8-11-25(18-26(21)29(33)22-6-9-23(30)10-7-22)36-19-27(34)32-15-12-24-5-3-4-14-31-24/h3-11,14,18,20,29H,12-13,15-17,19H2,1-2H3,(H,32,34). The first-order valence-electron chi connectivity index (χ1n) is 12.4. The minimum absolute atomic E-state index is 0.0728. The smallest absolute Gasteiger partial charge is 0.257 e. The van der Waals surface area contributed by atoms with Gasteiger partial charge in [0.2, 0.25) is 5.91 Å². The summed E-state index contributed by atoms with van der Waals surface area (Å²) in [5.41, 5.74) is 3.82. The molecular weight excluding hydrogens is 457 g/mol. The van der Waals surface area contributed by atoms with Gasteiger partial charge in [-0.15, -0.1) is 0 Å². The van der Waals surface area contributed by atoms with Crippen LogP contribution in [0.5, 0.6) is 5.75 Å². The van der Waals surface area contributed by atoms with E-state index in [1.807, 2.05) is 55.1 Å². The lowest BCUT2D eigenvalue weighted by atomic mass is 9.87. The van der Waals surface area contributed by atoms with Gasteiger partial charge in [0.15, 0.2) is 6.61 Å². The highest BCUT2D eigenvalue weighted by atomic mass is 19.1. The summed E-state index contributed by atoms with van der Waals surface area (Å²) in [5.74, 6) is 0.328. The van der Waals surface area contributed by atoms with Crippen LogP contribution in [0.1, 0.15) is 48.7 Å². The number of carbonyl (C=O) groups excluding carboxylic acids is 2. The third-order valence-corrected chi connectivity index (χ3v) is 6.23.